The van der Waals surface area contributed by atoms with Crippen molar-refractivity contribution in [2.75, 3.05) is 10.6 Å². The first-order valence-corrected chi connectivity index (χ1v) is 10.1. The average molecular weight is 446 g/mol. The fourth-order valence-corrected chi connectivity index (χ4v) is 3.39. The summed E-state index contributed by atoms with van der Waals surface area (Å²) < 4.78 is 41.8. The molecule has 1 fully saturated rings. The van der Waals surface area contributed by atoms with Crippen LogP contribution in [0.4, 0.5) is 24.5 Å². The first kappa shape index (κ1) is 21.6. The van der Waals surface area contributed by atoms with Gasteiger partial charge in [-0.2, -0.15) is 23.4 Å². The molecule has 4 rings (SSSR count). The van der Waals surface area contributed by atoms with Crippen LogP contribution in [0.2, 0.25) is 0 Å². The van der Waals surface area contributed by atoms with Gasteiger partial charge in [0.15, 0.2) is 5.69 Å². The molecular formula is C21H21F3N6O2. The first-order chi connectivity index (χ1) is 15.2. The predicted molar refractivity (Wildman–Crippen MR) is 110 cm³/mol. The van der Waals surface area contributed by atoms with Gasteiger partial charge >= 0.3 is 6.18 Å². The van der Waals surface area contributed by atoms with E-state index in [2.05, 4.69) is 20.8 Å². The summed E-state index contributed by atoms with van der Waals surface area (Å²) in [4.78, 5) is 24.9. The van der Waals surface area contributed by atoms with Gasteiger partial charge in [0.05, 0.1) is 0 Å². The third-order valence-corrected chi connectivity index (χ3v) is 5.04. The zero-order valence-electron chi connectivity index (χ0n) is 17.2. The minimum absolute atomic E-state index is 0.00139. The van der Waals surface area contributed by atoms with E-state index < -0.39 is 17.8 Å². The van der Waals surface area contributed by atoms with Crippen LogP contribution in [0.5, 0.6) is 0 Å². The summed E-state index contributed by atoms with van der Waals surface area (Å²) in [5.74, 6) is -0.865. The summed E-state index contributed by atoms with van der Waals surface area (Å²) >= 11 is 0. The number of hydrogen-bond donors (Lipinski definition) is 2. The third kappa shape index (κ3) is 4.82. The Bertz CT molecular complexity index is 1150. The summed E-state index contributed by atoms with van der Waals surface area (Å²) in [6.07, 6.45) is -1.47. The van der Waals surface area contributed by atoms with Gasteiger partial charge in [-0.15, -0.1) is 0 Å². The summed E-state index contributed by atoms with van der Waals surface area (Å²) in [6.45, 7) is 2.07. The second-order valence-electron chi connectivity index (χ2n) is 7.50. The first-order valence-electron chi connectivity index (χ1n) is 10.1. The van der Waals surface area contributed by atoms with E-state index in [1.165, 1.54) is 6.20 Å². The van der Waals surface area contributed by atoms with Crippen LogP contribution in [0.1, 0.15) is 47.6 Å². The molecule has 2 aromatic heterocycles. The normalized spacial score (nSPS) is 13.8. The van der Waals surface area contributed by atoms with Crippen molar-refractivity contribution in [3.8, 4) is 0 Å². The number of anilines is 2. The summed E-state index contributed by atoms with van der Waals surface area (Å²) in [7, 11) is 0. The molecule has 32 heavy (non-hydrogen) atoms. The smallest absolute Gasteiger partial charge is 0.324 e. The van der Waals surface area contributed by atoms with Crippen LogP contribution in [-0.2, 0) is 24.1 Å². The van der Waals surface area contributed by atoms with Crippen LogP contribution >= 0.6 is 0 Å². The topological polar surface area (TPSA) is 93.8 Å². The SMILES string of the molecule is CCn1nccc1C(=O)Nc1cccc(NC(=O)Cn2nc(C(F)(F)F)cc2C2CC2)c1. The highest BCUT2D eigenvalue weighted by molar-refractivity contribution is 6.03. The maximum atomic E-state index is 13.0. The fraction of sp³-hybridized carbons (Fsp3) is 0.333. The molecule has 2 amide bonds. The Morgan fingerprint density at radius 3 is 2.47 bits per heavy atom. The molecule has 0 radical (unpaired) electrons. The molecule has 0 atom stereocenters. The van der Waals surface area contributed by atoms with E-state index >= 15 is 0 Å². The maximum Gasteiger partial charge on any atom is 0.435 e. The molecule has 3 aromatic rings. The molecule has 8 nitrogen and oxygen atoms in total. The molecule has 168 valence electrons. The van der Waals surface area contributed by atoms with E-state index in [9.17, 15) is 22.8 Å². The number of rotatable bonds is 7. The number of halogens is 3. The van der Waals surface area contributed by atoms with Gasteiger partial charge in [0, 0.05) is 35.7 Å². The Balaban J connectivity index is 1.43. The number of aromatic nitrogens is 4. The third-order valence-electron chi connectivity index (χ3n) is 5.04. The number of nitrogens with one attached hydrogen (secondary N) is 2. The molecule has 1 aromatic carbocycles. The van der Waals surface area contributed by atoms with Crippen LogP contribution in [-0.4, -0.2) is 31.4 Å². The van der Waals surface area contributed by atoms with Crippen molar-refractivity contribution in [1.29, 1.82) is 0 Å². The van der Waals surface area contributed by atoms with Gasteiger partial charge in [-0.25, -0.2) is 0 Å². The summed E-state index contributed by atoms with van der Waals surface area (Å²) in [6, 6.07) is 9.11. The number of alkyl halides is 3. The van der Waals surface area contributed by atoms with E-state index in [1.807, 2.05) is 6.92 Å². The lowest BCUT2D eigenvalue weighted by Gasteiger charge is -2.11. The van der Waals surface area contributed by atoms with Crippen molar-refractivity contribution in [3.63, 3.8) is 0 Å². The number of aryl methyl sites for hydroxylation is 1. The Morgan fingerprint density at radius 2 is 1.81 bits per heavy atom. The van der Waals surface area contributed by atoms with Gasteiger partial charge in [0.1, 0.15) is 12.2 Å². The standard InChI is InChI=1S/C21H21F3N6O2/c1-2-29-16(8-9-25-29)20(32)27-15-5-3-4-14(10-15)26-19(31)12-30-17(13-6-7-13)11-18(28-30)21(22,23)24/h3-5,8-11,13H,2,6-7,12H2,1H3,(H,26,31)(H,27,32). The summed E-state index contributed by atoms with van der Waals surface area (Å²) in [5, 5.41) is 13.0. The number of nitrogens with zero attached hydrogens (tertiary/aromatic N) is 4. The van der Waals surface area contributed by atoms with E-state index in [0.717, 1.165) is 23.6 Å². The predicted octanol–water partition coefficient (Wildman–Crippen LogP) is 3.89. The van der Waals surface area contributed by atoms with Crippen molar-refractivity contribution >= 4 is 23.2 Å². The second kappa shape index (κ2) is 8.48. The lowest BCUT2D eigenvalue weighted by atomic mass is 10.2. The van der Waals surface area contributed by atoms with Crippen LogP contribution in [0.15, 0.2) is 42.6 Å². The van der Waals surface area contributed by atoms with Crippen LogP contribution in [0.3, 0.4) is 0 Å². The van der Waals surface area contributed by atoms with Crippen molar-refractivity contribution in [1.82, 2.24) is 19.6 Å². The van der Waals surface area contributed by atoms with Crippen molar-refractivity contribution in [3.05, 3.63) is 59.7 Å². The molecule has 11 heteroatoms. The van der Waals surface area contributed by atoms with E-state index in [1.54, 1.807) is 35.0 Å². The molecule has 0 aliphatic heterocycles. The molecule has 0 spiro atoms. The minimum atomic E-state index is -4.56. The highest BCUT2D eigenvalue weighted by Gasteiger charge is 2.38. The van der Waals surface area contributed by atoms with Gasteiger partial charge < -0.3 is 10.6 Å². The van der Waals surface area contributed by atoms with Crippen LogP contribution in [0.25, 0.3) is 0 Å². The van der Waals surface area contributed by atoms with Crippen LogP contribution < -0.4 is 10.6 Å². The zero-order valence-corrected chi connectivity index (χ0v) is 17.2. The molecule has 1 aliphatic rings. The zero-order chi connectivity index (χ0) is 22.9. The van der Waals surface area contributed by atoms with Crippen LogP contribution in [0, 0.1) is 0 Å². The van der Waals surface area contributed by atoms with Gasteiger partial charge in [-0.1, -0.05) is 6.07 Å². The number of carbonyl (C=O) groups excluding carboxylic acids is 2. The molecule has 1 aliphatic carbocycles. The molecule has 1 saturated carbocycles. The maximum absolute atomic E-state index is 13.0. The van der Waals surface area contributed by atoms with Gasteiger partial charge in [-0.05, 0) is 50.1 Å². The summed E-state index contributed by atoms with van der Waals surface area (Å²) in [5.41, 5.74) is 0.666. The Kier molecular flexibility index (Phi) is 5.72. The second-order valence-corrected chi connectivity index (χ2v) is 7.50. The van der Waals surface area contributed by atoms with E-state index in [-0.39, 0.29) is 18.4 Å². The molecule has 0 saturated heterocycles. The molecule has 0 bridgehead atoms. The lowest BCUT2D eigenvalue weighted by Crippen LogP contribution is -2.21. The van der Waals surface area contributed by atoms with E-state index in [0.29, 0.717) is 29.3 Å². The Hall–Kier alpha value is -3.63. The van der Waals surface area contributed by atoms with Crippen molar-refractivity contribution in [2.45, 2.75) is 44.9 Å². The van der Waals surface area contributed by atoms with Gasteiger partial charge in [0.25, 0.3) is 5.91 Å². The van der Waals surface area contributed by atoms with Crippen molar-refractivity contribution in [2.24, 2.45) is 0 Å². The average Bonchev–Trinajstić information content (AvgIpc) is 3.29. The molecule has 2 heterocycles. The quantitative estimate of drug-likeness (QED) is 0.576. The van der Waals surface area contributed by atoms with Gasteiger partial charge in [0.2, 0.25) is 5.91 Å². The van der Waals surface area contributed by atoms with Crippen molar-refractivity contribution < 1.29 is 22.8 Å². The highest BCUT2D eigenvalue weighted by atomic mass is 19.4. The fourth-order valence-electron chi connectivity index (χ4n) is 3.39. The minimum Gasteiger partial charge on any atom is -0.324 e. The Labute approximate surface area is 181 Å². The largest absolute Gasteiger partial charge is 0.435 e. The number of hydrogen-bond acceptors (Lipinski definition) is 4. The van der Waals surface area contributed by atoms with E-state index in [4.69, 9.17) is 0 Å². The lowest BCUT2D eigenvalue weighted by molar-refractivity contribution is -0.141. The number of carbonyl (C=O) groups is 2. The monoisotopic (exact) mass is 446 g/mol. The molecule has 0 unspecified atom stereocenters. The number of benzene rings is 1. The number of amides is 2. The molecular weight excluding hydrogens is 425 g/mol. The Morgan fingerprint density at radius 1 is 1.09 bits per heavy atom. The van der Waals surface area contributed by atoms with Gasteiger partial charge in [-0.3, -0.25) is 19.0 Å². The highest BCUT2D eigenvalue weighted by Crippen LogP contribution is 2.42. The molecule has 2 N–H and O–H groups in total.